The molecule has 0 aliphatic rings. The molecule has 0 fully saturated rings. The van der Waals surface area contributed by atoms with E-state index in [1.807, 2.05) is 6.07 Å². The summed E-state index contributed by atoms with van der Waals surface area (Å²) >= 11 is 3.15. The summed E-state index contributed by atoms with van der Waals surface area (Å²) in [6.45, 7) is 1.05. The molecular weight excluding hydrogens is 302 g/mol. The first-order valence-corrected chi connectivity index (χ1v) is 5.99. The van der Waals surface area contributed by atoms with Gasteiger partial charge < -0.3 is 9.84 Å². The Morgan fingerprint density at radius 3 is 2.89 bits per heavy atom. The second kappa shape index (κ2) is 5.74. The summed E-state index contributed by atoms with van der Waals surface area (Å²) in [6, 6.07) is 6.79. The van der Waals surface area contributed by atoms with Crippen LogP contribution in [-0.4, -0.2) is 10.1 Å². The standard InChI is InChI=1S/C11H10BrN3O3/c12-10-2-1-8(5-11(10)15(16)17)6-13-7-9-3-4-14-18-9/h1-5,13H,6-7H2. The molecule has 0 atom stereocenters. The van der Waals surface area contributed by atoms with Crippen LogP contribution in [0.3, 0.4) is 0 Å². The topological polar surface area (TPSA) is 81.2 Å². The molecular formula is C11H10BrN3O3. The van der Waals surface area contributed by atoms with Gasteiger partial charge in [-0.15, -0.1) is 0 Å². The van der Waals surface area contributed by atoms with E-state index in [2.05, 4.69) is 26.4 Å². The van der Waals surface area contributed by atoms with Crippen molar-refractivity contribution in [3.63, 3.8) is 0 Å². The normalized spacial score (nSPS) is 10.5. The smallest absolute Gasteiger partial charge is 0.283 e. The van der Waals surface area contributed by atoms with Gasteiger partial charge in [-0.05, 0) is 27.6 Å². The van der Waals surface area contributed by atoms with Crippen LogP contribution in [-0.2, 0) is 13.1 Å². The molecule has 6 nitrogen and oxygen atoms in total. The molecule has 0 spiro atoms. The van der Waals surface area contributed by atoms with Crippen LogP contribution in [0.15, 0.2) is 39.5 Å². The summed E-state index contributed by atoms with van der Waals surface area (Å²) in [4.78, 5) is 10.4. The minimum Gasteiger partial charge on any atom is -0.360 e. The van der Waals surface area contributed by atoms with Crippen LogP contribution in [0.1, 0.15) is 11.3 Å². The predicted octanol–water partition coefficient (Wildman–Crippen LogP) is 2.64. The van der Waals surface area contributed by atoms with Crippen LogP contribution in [0.4, 0.5) is 5.69 Å². The number of nitro groups is 1. The molecule has 2 rings (SSSR count). The van der Waals surface area contributed by atoms with Crippen molar-refractivity contribution in [1.29, 1.82) is 0 Å². The van der Waals surface area contributed by atoms with Gasteiger partial charge in [0.25, 0.3) is 5.69 Å². The third kappa shape index (κ3) is 3.14. The summed E-state index contributed by atoms with van der Waals surface area (Å²) in [5.41, 5.74) is 0.901. The summed E-state index contributed by atoms with van der Waals surface area (Å²) < 4.78 is 5.40. The predicted molar refractivity (Wildman–Crippen MR) is 67.8 cm³/mol. The third-order valence-corrected chi connectivity index (χ3v) is 3.00. The Kier molecular flexibility index (Phi) is 4.06. The largest absolute Gasteiger partial charge is 0.360 e. The van der Waals surface area contributed by atoms with E-state index in [4.69, 9.17) is 4.52 Å². The number of nitro benzene ring substituents is 1. The fourth-order valence-electron chi connectivity index (χ4n) is 1.47. The van der Waals surface area contributed by atoms with Crippen molar-refractivity contribution < 1.29 is 9.45 Å². The maximum absolute atomic E-state index is 10.8. The zero-order valence-corrected chi connectivity index (χ0v) is 10.9. The zero-order chi connectivity index (χ0) is 13.0. The maximum Gasteiger partial charge on any atom is 0.283 e. The summed E-state index contributed by atoms with van der Waals surface area (Å²) in [5.74, 6) is 0.724. The van der Waals surface area contributed by atoms with Crippen LogP contribution in [0, 0.1) is 10.1 Å². The monoisotopic (exact) mass is 311 g/mol. The van der Waals surface area contributed by atoms with Crippen molar-refractivity contribution in [2.24, 2.45) is 0 Å². The van der Waals surface area contributed by atoms with Crippen molar-refractivity contribution in [2.45, 2.75) is 13.1 Å². The highest BCUT2D eigenvalue weighted by molar-refractivity contribution is 9.10. The van der Waals surface area contributed by atoms with Crippen LogP contribution in [0.2, 0.25) is 0 Å². The molecule has 0 radical (unpaired) electrons. The van der Waals surface area contributed by atoms with Crippen LogP contribution in [0.5, 0.6) is 0 Å². The molecule has 1 heterocycles. The fraction of sp³-hybridized carbons (Fsp3) is 0.182. The number of nitrogens with one attached hydrogen (secondary N) is 1. The fourth-order valence-corrected chi connectivity index (χ4v) is 1.86. The molecule has 0 unspecified atom stereocenters. The van der Waals surface area contributed by atoms with Crippen molar-refractivity contribution >= 4 is 21.6 Å². The van der Waals surface area contributed by atoms with Gasteiger partial charge in [0.2, 0.25) is 0 Å². The number of aromatic nitrogens is 1. The summed E-state index contributed by atoms with van der Waals surface area (Å²) in [7, 11) is 0. The van der Waals surface area contributed by atoms with E-state index in [1.54, 1.807) is 18.3 Å². The molecule has 18 heavy (non-hydrogen) atoms. The minimum absolute atomic E-state index is 0.0639. The van der Waals surface area contributed by atoms with E-state index in [-0.39, 0.29) is 5.69 Å². The molecule has 1 N–H and O–H groups in total. The molecule has 7 heteroatoms. The van der Waals surface area contributed by atoms with Gasteiger partial charge in [0.15, 0.2) is 0 Å². The number of nitrogens with zero attached hydrogens (tertiary/aromatic N) is 2. The lowest BCUT2D eigenvalue weighted by Gasteiger charge is -2.03. The second-order valence-electron chi connectivity index (χ2n) is 3.63. The van der Waals surface area contributed by atoms with Gasteiger partial charge in [0.1, 0.15) is 5.76 Å². The van der Waals surface area contributed by atoms with Gasteiger partial charge >= 0.3 is 0 Å². The molecule has 0 amide bonds. The second-order valence-corrected chi connectivity index (χ2v) is 4.48. The molecule has 2 aromatic rings. The van der Waals surface area contributed by atoms with E-state index in [0.717, 1.165) is 11.3 Å². The van der Waals surface area contributed by atoms with Gasteiger partial charge in [0.05, 0.1) is 22.1 Å². The first kappa shape index (κ1) is 12.7. The van der Waals surface area contributed by atoms with Gasteiger partial charge in [-0.3, -0.25) is 10.1 Å². The van der Waals surface area contributed by atoms with E-state index < -0.39 is 4.92 Å². The molecule has 0 bridgehead atoms. The Morgan fingerprint density at radius 2 is 2.22 bits per heavy atom. The molecule has 0 aliphatic carbocycles. The average molecular weight is 312 g/mol. The molecule has 0 saturated carbocycles. The first-order valence-electron chi connectivity index (χ1n) is 5.20. The Morgan fingerprint density at radius 1 is 1.39 bits per heavy atom. The SMILES string of the molecule is O=[N+]([O-])c1cc(CNCc2ccno2)ccc1Br. The van der Waals surface area contributed by atoms with Crippen molar-refractivity contribution in [3.05, 3.63) is 56.4 Å². The van der Waals surface area contributed by atoms with Crippen LogP contribution < -0.4 is 5.32 Å². The number of halogens is 1. The zero-order valence-electron chi connectivity index (χ0n) is 9.30. The highest BCUT2D eigenvalue weighted by Crippen LogP contribution is 2.25. The first-order chi connectivity index (χ1) is 8.66. The molecule has 1 aromatic carbocycles. The highest BCUT2D eigenvalue weighted by Gasteiger charge is 2.11. The number of benzene rings is 1. The highest BCUT2D eigenvalue weighted by atomic mass is 79.9. The van der Waals surface area contributed by atoms with Gasteiger partial charge in [-0.25, -0.2) is 0 Å². The molecule has 94 valence electrons. The van der Waals surface area contributed by atoms with Crippen LogP contribution in [0.25, 0.3) is 0 Å². The van der Waals surface area contributed by atoms with Crippen molar-refractivity contribution in [3.8, 4) is 0 Å². The summed E-state index contributed by atoms with van der Waals surface area (Å²) in [6.07, 6.45) is 1.57. The molecule has 0 aliphatic heterocycles. The van der Waals surface area contributed by atoms with Crippen molar-refractivity contribution in [1.82, 2.24) is 10.5 Å². The van der Waals surface area contributed by atoms with Crippen LogP contribution >= 0.6 is 15.9 Å². The third-order valence-electron chi connectivity index (χ3n) is 2.33. The lowest BCUT2D eigenvalue weighted by molar-refractivity contribution is -0.385. The minimum atomic E-state index is -0.413. The Labute approximate surface area is 111 Å². The van der Waals surface area contributed by atoms with E-state index in [1.165, 1.54) is 6.07 Å². The maximum atomic E-state index is 10.8. The van der Waals surface area contributed by atoms with E-state index >= 15 is 0 Å². The lowest BCUT2D eigenvalue weighted by atomic mass is 10.2. The summed E-state index contributed by atoms with van der Waals surface area (Å²) in [5, 5.41) is 17.5. The molecule has 1 aromatic heterocycles. The number of hydrogen-bond donors (Lipinski definition) is 1. The van der Waals surface area contributed by atoms with Gasteiger partial charge in [0, 0.05) is 18.7 Å². The Balaban J connectivity index is 1.97. The Bertz CT molecular complexity index is 542. The Hall–Kier alpha value is -1.73. The average Bonchev–Trinajstić information content (AvgIpc) is 2.84. The number of hydrogen-bond acceptors (Lipinski definition) is 5. The lowest BCUT2D eigenvalue weighted by Crippen LogP contribution is -2.12. The van der Waals surface area contributed by atoms with Crippen molar-refractivity contribution in [2.75, 3.05) is 0 Å². The van der Waals surface area contributed by atoms with Gasteiger partial charge in [-0.2, -0.15) is 0 Å². The van der Waals surface area contributed by atoms with E-state index in [0.29, 0.717) is 17.6 Å². The number of rotatable bonds is 5. The van der Waals surface area contributed by atoms with Gasteiger partial charge in [-0.1, -0.05) is 11.2 Å². The quantitative estimate of drug-likeness (QED) is 0.678. The van der Waals surface area contributed by atoms with E-state index in [9.17, 15) is 10.1 Å². The molecule has 0 saturated heterocycles.